The van der Waals surface area contributed by atoms with E-state index in [1.807, 2.05) is 34.6 Å². The molecule has 0 aliphatic carbocycles. The van der Waals surface area contributed by atoms with Gasteiger partial charge in [0.2, 0.25) is 0 Å². The number of nitrogens with zero attached hydrogens (tertiary/aromatic N) is 1. The molecule has 1 amide bonds. The number of carbonyl (C=O) groups is 2. The number of hydrogen-bond acceptors (Lipinski definition) is 5. The Morgan fingerprint density at radius 1 is 0.929 bits per heavy atom. The van der Waals surface area contributed by atoms with Crippen molar-refractivity contribution in [3.63, 3.8) is 0 Å². The predicted octanol–water partition coefficient (Wildman–Crippen LogP) is 3.20. The topological polar surface area (TPSA) is 101 Å². The van der Waals surface area contributed by atoms with Gasteiger partial charge in [0.15, 0.2) is 5.96 Å². The lowest BCUT2D eigenvalue weighted by Crippen LogP contribution is -2.42. The molecule has 0 rings (SSSR count). The summed E-state index contributed by atoms with van der Waals surface area (Å²) in [4.78, 5) is 27.3. The van der Waals surface area contributed by atoms with Crippen LogP contribution in [0.15, 0.2) is 4.99 Å². The summed E-state index contributed by atoms with van der Waals surface area (Å²) in [5, 5.41) is 9.05. The fourth-order valence-corrected chi connectivity index (χ4v) is 2.16. The Bertz CT molecular complexity index is 454. The molecule has 0 unspecified atom stereocenters. The molecule has 0 heterocycles. The lowest BCUT2D eigenvalue weighted by molar-refractivity contribution is -0.143. The van der Waals surface area contributed by atoms with Crippen molar-refractivity contribution in [2.24, 2.45) is 4.99 Å². The lowest BCUT2D eigenvalue weighted by Gasteiger charge is -2.19. The number of aliphatic imine (C=N–C) groups is 1. The maximum absolute atomic E-state index is 11.6. The average Bonchev–Trinajstić information content (AvgIpc) is 2.56. The summed E-state index contributed by atoms with van der Waals surface area (Å²) in [6.45, 7) is 12.3. The molecular formula is C19H39IN4O4. The molecule has 0 spiro atoms. The minimum Gasteiger partial charge on any atom is -0.466 e. The molecule has 0 atom stereocenters. The molecule has 0 aliphatic rings. The van der Waals surface area contributed by atoms with Crippen molar-refractivity contribution in [2.45, 2.75) is 72.3 Å². The van der Waals surface area contributed by atoms with Gasteiger partial charge in [-0.3, -0.25) is 9.79 Å². The molecule has 166 valence electrons. The molecule has 0 bridgehead atoms. The van der Waals surface area contributed by atoms with Crippen LogP contribution in [0.5, 0.6) is 0 Å². The number of ether oxygens (including phenoxy) is 2. The van der Waals surface area contributed by atoms with E-state index in [-0.39, 0.29) is 29.9 Å². The third kappa shape index (κ3) is 19.5. The number of rotatable bonds is 12. The molecule has 0 aromatic heterocycles. The first-order chi connectivity index (χ1) is 12.8. The molecule has 28 heavy (non-hydrogen) atoms. The number of halogens is 1. The monoisotopic (exact) mass is 514 g/mol. The van der Waals surface area contributed by atoms with Gasteiger partial charge in [-0.05, 0) is 47.5 Å². The Kier molecular flexibility index (Phi) is 18.4. The predicted molar refractivity (Wildman–Crippen MR) is 123 cm³/mol. The number of carbonyl (C=O) groups excluding carboxylic acids is 2. The largest absolute Gasteiger partial charge is 0.466 e. The molecule has 0 aliphatic heterocycles. The molecular weight excluding hydrogens is 475 g/mol. The van der Waals surface area contributed by atoms with E-state index in [4.69, 9.17) is 9.47 Å². The second-order valence-electron chi connectivity index (χ2n) is 7.09. The van der Waals surface area contributed by atoms with Gasteiger partial charge in [-0.15, -0.1) is 24.0 Å². The van der Waals surface area contributed by atoms with Gasteiger partial charge in [0.1, 0.15) is 5.60 Å². The number of guanidine groups is 1. The van der Waals surface area contributed by atoms with E-state index >= 15 is 0 Å². The van der Waals surface area contributed by atoms with Crippen LogP contribution in [0.25, 0.3) is 0 Å². The Balaban J connectivity index is 0. The first-order valence-corrected chi connectivity index (χ1v) is 9.93. The van der Waals surface area contributed by atoms with Gasteiger partial charge in [-0.2, -0.15) is 0 Å². The van der Waals surface area contributed by atoms with Gasteiger partial charge >= 0.3 is 12.1 Å². The van der Waals surface area contributed by atoms with Crippen molar-refractivity contribution in [3.8, 4) is 0 Å². The molecule has 0 radical (unpaired) electrons. The summed E-state index contributed by atoms with van der Waals surface area (Å²) < 4.78 is 10.1. The zero-order valence-corrected chi connectivity index (χ0v) is 20.4. The molecule has 0 saturated carbocycles. The maximum atomic E-state index is 11.6. The molecule has 0 aromatic rings. The number of alkyl carbamates (subject to hydrolysis) is 1. The first kappa shape index (κ1) is 28.9. The van der Waals surface area contributed by atoms with Gasteiger partial charge in [-0.25, -0.2) is 4.79 Å². The van der Waals surface area contributed by atoms with Crippen molar-refractivity contribution in [3.05, 3.63) is 0 Å². The Morgan fingerprint density at radius 3 is 2.18 bits per heavy atom. The Morgan fingerprint density at radius 2 is 1.57 bits per heavy atom. The highest BCUT2D eigenvalue weighted by Crippen LogP contribution is 2.06. The van der Waals surface area contributed by atoms with E-state index in [9.17, 15) is 9.59 Å². The molecule has 9 heteroatoms. The van der Waals surface area contributed by atoms with Crippen LogP contribution in [0.2, 0.25) is 0 Å². The quantitative estimate of drug-likeness (QED) is 0.122. The van der Waals surface area contributed by atoms with E-state index in [2.05, 4.69) is 20.9 Å². The first-order valence-electron chi connectivity index (χ1n) is 9.93. The van der Waals surface area contributed by atoms with Crippen molar-refractivity contribution >= 4 is 42.0 Å². The minimum absolute atomic E-state index is 0. The fraction of sp³-hybridized carbons (Fsp3) is 0.842. The van der Waals surface area contributed by atoms with Crippen LogP contribution in [0.1, 0.15) is 66.7 Å². The molecule has 3 N–H and O–H groups in total. The summed E-state index contributed by atoms with van der Waals surface area (Å²) in [7, 11) is 0. The van der Waals surface area contributed by atoms with E-state index in [0.717, 1.165) is 38.2 Å². The third-order valence-corrected chi connectivity index (χ3v) is 3.29. The van der Waals surface area contributed by atoms with Gasteiger partial charge < -0.3 is 25.4 Å². The van der Waals surface area contributed by atoms with Crippen LogP contribution in [0.4, 0.5) is 4.79 Å². The van der Waals surface area contributed by atoms with Crippen LogP contribution in [-0.4, -0.2) is 56.4 Å². The van der Waals surface area contributed by atoms with Crippen LogP contribution in [-0.2, 0) is 14.3 Å². The summed E-state index contributed by atoms with van der Waals surface area (Å²) in [6.07, 6.45) is 3.92. The standard InChI is InChI=1S/C19H38N4O4.HI/c1-6-20-17(22-14-15-23-18(25)27-19(3,4)5)21-13-11-9-8-10-12-16(24)26-7-2;/h6-15H2,1-5H3,(H,23,25)(H2,20,21,22);1H. The average molecular weight is 514 g/mol. The second-order valence-corrected chi connectivity index (χ2v) is 7.09. The van der Waals surface area contributed by atoms with Crippen LogP contribution in [0.3, 0.4) is 0 Å². The molecule has 0 fully saturated rings. The van der Waals surface area contributed by atoms with E-state index in [0.29, 0.717) is 32.7 Å². The second kappa shape index (κ2) is 17.8. The summed E-state index contributed by atoms with van der Waals surface area (Å²) >= 11 is 0. The summed E-state index contributed by atoms with van der Waals surface area (Å²) in [5.41, 5.74) is -0.496. The van der Waals surface area contributed by atoms with Gasteiger partial charge in [-0.1, -0.05) is 12.8 Å². The highest BCUT2D eigenvalue weighted by molar-refractivity contribution is 14.0. The smallest absolute Gasteiger partial charge is 0.407 e. The number of esters is 1. The SMILES string of the molecule is CCNC(=NCCCCCCC(=O)OCC)NCCNC(=O)OC(C)(C)C.I. The number of hydrogen-bond donors (Lipinski definition) is 3. The lowest BCUT2D eigenvalue weighted by atomic mass is 10.1. The molecule has 0 aromatic carbocycles. The zero-order chi connectivity index (χ0) is 20.5. The minimum atomic E-state index is -0.496. The molecule has 8 nitrogen and oxygen atoms in total. The highest BCUT2D eigenvalue weighted by atomic mass is 127. The highest BCUT2D eigenvalue weighted by Gasteiger charge is 2.15. The van der Waals surface area contributed by atoms with Crippen molar-refractivity contribution in [2.75, 3.05) is 32.8 Å². The Hall–Kier alpha value is -1.26. The zero-order valence-electron chi connectivity index (χ0n) is 18.1. The van der Waals surface area contributed by atoms with Gasteiger partial charge in [0.05, 0.1) is 6.61 Å². The number of unbranched alkanes of at least 4 members (excludes halogenated alkanes) is 3. The number of amides is 1. The van der Waals surface area contributed by atoms with Gasteiger partial charge in [0.25, 0.3) is 0 Å². The van der Waals surface area contributed by atoms with Gasteiger partial charge in [0, 0.05) is 32.6 Å². The summed E-state index contributed by atoms with van der Waals surface area (Å²) in [6, 6.07) is 0. The van der Waals surface area contributed by atoms with E-state index in [1.54, 1.807) is 0 Å². The summed E-state index contributed by atoms with van der Waals surface area (Å²) in [5.74, 6) is 0.615. The van der Waals surface area contributed by atoms with Crippen LogP contribution < -0.4 is 16.0 Å². The fourth-order valence-electron chi connectivity index (χ4n) is 2.16. The Labute approximate surface area is 187 Å². The normalized spacial score (nSPS) is 11.2. The van der Waals surface area contributed by atoms with Crippen molar-refractivity contribution in [1.29, 1.82) is 0 Å². The van der Waals surface area contributed by atoms with Crippen molar-refractivity contribution < 1.29 is 19.1 Å². The van der Waals surface area contributed by atoms with Crippen LogP contribution >= 0.6 is 24.0 Å². The maximum Gasteiger partial charge on any atom is 0.407 e. The van der Waals surface area contributed by atoms with Crippen molar-refractivity contribution in [1.82, 2.24) is 16.0 Å². The third-order valence-electron chi connectivity index (χ3n) is 3.29. The van der Waals surface area contributed by atoms with Crippen LogP contribution in [0, 0.1) is 0 Å². The van der Waals surface area contributed by atoms with E-state index < -0.39 is 11.7 Å². The van der Waals surface area contributed by atoms with E-state index in [1.165, 1.54) is 0 Å². The molecule has 0 saturated heterocycles. The number of nitrogens with one attached hydrogen (secondary N) is 3.